The molecule has 1 heterocycles. The zero-order valence-corrected chi connectivity index (χ0v) is 10.8. The standard InChI is InChI=1S/C14H16N2O2/c1-9-5-4-6-10(2)14(9)16-8-12(7-13(17)18)15-11(16)3/h4-6,8H,7H2,1-3H3,(H,17,18). The monoisotopic (exact) mass is 244 g/mol. The van der Waals surface area contributed by atoms with Gasteiger partial charge in [0.1, 0.15) is 5.82 Å². The molecular weight excluding hydrogens is 228 g/mol. The Labute approximate surface area is 106 Å². The number of carbonyl (C=O) groups is 1. The third-order valence-electron chi connectivity index (χ3n) is 2.94. The Morgan fingerprint density at radius 1 is 1.28 bits per heavy atom. The summed E-state index contributed by atoms with van der Waals surface area (Å²) in [4.78, 5) is 15.0. The highest BCUT2D eigenvalue weighted by atomic mass is 16.4. The number of hydrogen-bond donors (Lipinski definition) is 1. The lowest BCUT2D eigenvalue weighted by Crippen LogP contribution is -2.01. The fourth-order valence-electron chi connectivity index (χ4n) is 2.19. The minimum Gasteiger partial charge on any atom is -0.481 e. The quantitative estimate of drug-likeness (QED) is 0.902. The van der Waals surface area contributed by atoms with E-state index in [1.54, 1.807) is 6.20 Å². The molecule has 94 valence electrons. The molecule has 1 aromatic heterocycles. The van der Waals surface area contributed by atoms with Crippen molar-refractivity contribution in [3.05, 3.63) is 47.0 Å². The third-order valence-corrected chi connectivity index (χ3v) is 2.94. The molecular formula is C14H16N2O2. The number of rotatable bonds is 3. The zero-order chi connectivity index (χ0) is 13.3. The first-order valence-corrected chi connectivity index (χ1v) is 5.82. The number of aliphatic carboxylic acids is 1. The Morgan fingerprint density at radius 3 is 2.44 bits per heavy atom. The summed E-state index contributed by atoms with van der Waals surface area (Å²) in [6, 6.07) is 6.09. The molecule has 0 spiro atoms. The third kappa shape index (κ3) is 2.27. The molecule has 0 radical (unpaired) electrons. The Balaban J connectivity index is 2.51. The van der Waals surface area contributed by atoms with Gasteiger partial charge in [0.2, 0.25) is 0 Å². The minimum absolute atomic E-state index is 0.0429. The molecule has 0 aliphatic rings. The fourth-order valence-corrected chi connectivity index (χ4v) is 2.19. The van der Waals surface area contributed by atoms with E-state index in [0.29, 0.717) is 5.69 Å². The number of imidazole rings is 1. The molecule has 18 heavy (non-hydrogen) atoms. The maximum Gasteiger partial charge on any atom is 0.309 e. The van der Waals surface area contributed by atoms with Gasteiger partial charge in [-0.25, -0.2) is 4.98 Å². The van der Waals surface area contributed by atoms with E-state index >= 15 is 0 Å². The Hall–Kier alpha value is -2.10. The molecule has 2 rings (SSSR count). The Kier molecular flexibility index (Phi) is 3.19. The number of aryl methyl sites for hydroxylation is 3. The molecule has 1 aromatic carbocycles. The van der Waals surface area contributed by atoms with Crippen LogP contribution in [0.3, 0.4) is 0 Å². The maximum atomic E-state index is 10.7. The summed E-state index contributed by atoms with van der Waals surface area (Å²) in [7, 11) is 0. The van der Waals surface area contributed by atoms with Crippen LogP contribution < -0.4 is 0 Å². The van der Waals surface area contributed by atoms with E-state index in [-0.39, 0.29) is 6.42 Å². The van der Waals surface area contributed by atoms with Crippen molar-refractivity contribution in [3.63, 3.8) is 0 Å². The minimum atomic E-state index is -0.860. The molecule has 4 heteroatoms. The Morgan fingerprint density at radius 2 is 1.89 bits per heavy atom. The summed E-state index contributed by atoms with van der Waals surface area (Å²) in [6.45, 7) is 5.97. The van der Waals surface area contributed by atoms with Crippen LogP contribution in [0.15, 0.2) is 24.4 Å². The lowest BCUT2D eigenvalue weighted by atomic mass is 10.1. The molecule has 0 aliphatic heterocycles. The summed E-state index contributed by atoms with van der Waals surface area (Å²) >= 11 is 0. The molecule has 0 amide bonds. The first kappa shape index (κ1) is 12.4. The second kappa shape index (κ2) is 4.64. The van der Waals surface area contributed by atoms with Crippen molar-refractivity contribution in [1.82, 2.24) is 9.55 Å². The summed E-state index contributed by atoms with van der Waals surface area (Å²) in [6.07, 6.45) is 1.76. The SMILES string of the molecule is Cc1cccc(C)c1-n1cc(CC(=O)O)nc1C. The van der Waals surface area contributed by atoms with E-state index in [1.165, 1.54) is 0 Å². The van der Waals surface area contributed by atoms with E-state index in [2.05, 4.69) is 4.98 Å². The second-order valence-corrected chi connectivity index (χ2v) is 4.46. The van der Waals surface area contributed by atoms with Crippen LogP contribution in [0, 0.1) is 20.8 Å². The molecule has 0 unspecified atom stereocenters. The van der Waals surface area contributed by atoms with Crippen LogP contribution in [-0.2, 0) is 11.2 Å². The summed E-state index contributed by atoms with van der Waals surface area (Å²) in [5.74, 6) is -0.0511. The van der Waals surface area contributed by atoms with E-state index in [1.807, 2.05) is 43.5 Å². The van der Waals surface area contributed by atoms with Crippen molar-refractivity contribution in [2.45, 2.75) is 27.2 Å². The summed E-state index contributed by atoms with van der Waals surface area (Å²) < 4.78 is 1.96. The Bertz CT molecular complexity index is 580. The van der Waals surface area contributed by atoms with Gasteiger partial charge in [0.25, 0.3) is 0 Å². The number of aromatic nitrogens is 2. The first-order valence-electron chi connectivity index (χ1n) is 5.82. The predicted molar refractivity (Wildman–Crippen MR) is 69.1 cm³/mol. The van der Waals surface area contributed by atoms with Crippen molar-refractivity contribution in [1.29, 1.82) is 0 Å². The average Bonchev–Trinajstić information content (AvgIpc) is 2.58. The molecule has 0 saturated carbocycles. The summed E-state index contributed by atoms with van der Waals surface area (Å²) in [5.41, 5.74) is 3.97. The molecule has 0 saturated heterocycles. The van der Waals surface area contributed by atoms with Crippen LogP contribution in [0.5, 0.6) is 0 Å². The van der Waals surface area contributed by atoms with Crippen LogP contribution in [0.4, 0.5) is 0 Å². The number of benzene rings is 1. The van der Waals surface area contributed by atoms with Crippen molar-refractivity contribution in [2.24, 2.45) is 0 Å². The van der Waals surface area contributed by atoms with Gasteiger partial charge in [-0.2, -0.15) is 0 Å². The molecule has 1 N–H and O–H groups in total. The highest BCUT2D eigenvalue weighted by molar-refractivity contribution is 5.69. The average molecular weight is 244 g/mol. The number of carboxylic acid groups (broad SMARTS) is 1. The highest BCUT2D eigenvalue weighted by Crippen LogP contribution is 2.21. The number of nitrogens with zero attached hydrogens (tertiary/aromatic N) is 2. The smallest absolute Gasteiger partial charge is 0.309 e. The molecule has 0 atom stereocenters. The van der Waals surface area contributed by atoms with Crippen LogP contribution in [0.1, 0.15) is 22.6 Å². The highest BCUT2D eigenvalue weighted by Gasteiger charge is 2.11. The van der Waals surface area contributed by atoms with Crippen LogP contribution >= 0.6 is 0 Å². The van der Waals surface area contributed by atoms with Gasteiger partial charge in [0.05, 0.1) is 17.8 Å². The summed E-state index contributed by atoms with van der Waals surface area (Å²) in [5, 5.41) is 8.80. The predicted octanol–water partition coefficient (Wildman–Crippen LogP) is 2.42. The molecule has 4 nitrogen and oxygen atoms in total. The van der Waals surface area contributed by atoms with E-state index in [9.17, 15) is 4.79 Å². The van der Waals surface area contributed by atoms with Gasteiger partial charge < -0.3 is 9.67 Å². The zero-order valence-electron chi connectivity index (χ0n) is 10.8. The number of carboxylic acids is 1. The van der Waals surface area contributed by atoms with Gasteiger partial charge in [-0.05, 0) is 31.9 Å². The van der Waals surface area contributed by atoms with Crippen LogP contribution in [0.25, 0.3) is 5.69 Å². The largest absolute Gasteiger partial charge is 0.481 e. The van der Waals surface area contributed by atoms with Gasteiger partial charge in [-0.3, -0.25) is 4.79 Å². The van der Waals surface area contributed by atoms with Crippen LogP contribution in [0.2, 0.25) is 0 Å². The van der Waals surface area contributed by atoms with Crippen molar-refractivity contribution in [3.8, 4) is 5.69 Å². The van der Waals surface area contributed by atoms with Crippen molar-refractivity contribution >= 4 is 5.97 Å². The lowest BCUT2D eigenvalue weighted by Gasteiger charge is -2.11. The van der Waals surface area contributed by atoms with Gasteiger partial charge in [0.15, 0.2) is 0 Å². The molecule has 0 bridgehead atoms. The van der Waals surface area contributed by atoms with Crippen LogP contribution in [-0.4, -0.2) is 20.6 Å². The van der Waals surface area contributed by atoms with Gasteiger partial charge in [0, 0.05) is 6.20 Å². The topological polar surface area (TPSA) is 55.1 Å². The number of hydrogen-bond acceptors (Lipinski definition) is 2. The van der Waals surface area contributed by atoms with Crippen molar-refractivity contribution in [2.75, 3.05) is 0 Å². The maximum absolute atomic E-state index is 10.7. The fraction of sp³-hybridized carbons (Fsp3) is 0.286. The first-order chi connectivity index (χ1) is 8.49. The van der Waals surface area contributed by atoms with E-state index < -0.39 is 5.97 Å². The van der Waals surface area contributed by atoms with Crippen molar-refractivity contribution < 1.29 is 9.90 Å². The second-order valence-electron chi connectivity index (χ2n) is 4.46. The lowest BCUT2D eigenvalue weighted by molar-refractivity contribution is -0.136. The normalized spacial score (nSPS) is 10.6. The molecule has 2 aromatic rings. The van der Waals surface area contributed by atoms with Gasteiger partial charge >= 0.3 is 5.97 Å². The number of para-hydroxylation sites is 1. The van der Waals surface area contributed by atoms with E-state index in [0.717, 1.165) is 22.6 Å². The van der Waals surface area contributed by atoms with Gasteiger partial charge in [-0.1, -0.05) is 18.2 Å². The van der Waals surface area contributed by atoms with E-state index in [4.69, 9.17) is 5.11 Å². The molecule has 0 aliphatic carbocycles. The molecule has 0 fully saturated rings. The van der Waals surface area contributed by atoms with Gasteiger partial charge in [-0.15, -0.1) is 0 Å².